The van der Waals surface area contributed by atoms with Crippen LogP contribution in [-0.4, -0.2) is 14.8 Å². The molecule has 0 amide bonds. The first kappa shape index (κ1) is 8.26. The Morgan fingerprint density at radius 1 is 1.31 bits per heavy atom. The smallest absolute Gasteiger partial charge is 0.134 e. The largest absolute Gasteiger partial charge is 0.284 e. The van der Waals surface area contributed by atoms with Crippen LogP contribution >= 0.6 is 11.6 Å². The van der Waals surface area contributed by atoms with Gasteiger partial charge in [-0.05, 0) is 19.1 Å². The molecule has 0 radical (unpaired) electrons. The zero-order valence-electron chi connectivity index (χ0n) is 7.11. The van der Waals surface area contributed by atoms with Crippen LogP contribution in [0.25, 0.3) is 5.69 Å². The minimum absolute atomic E-state index is 0.699. The summed E-state index contributed by atoms with van der Waals surface area (Å²) < 4.78 is 1.85. The summed E-state index contributed by atoms with van der Waals surface area (Å²) in [5, 5.41) is 8.38. The molecular weight excluding hydrogens is 186 g/mol. The topological polar surface area (TPSA) is 30.7 Å². The first-order valence-electron chi connectivity index (χ1n) is 3.90. The average molecular weight is 194 g/mol. The third kappa shape index (κ3) is 1.42. The summed E-state index contributed by atoms with van der Waals surface area (Å²) in [6.07, 6.45) is 1.65. The summed E-state index contributed by atoms with van der Waals surface area (Å²) in [5.74, 6) is 0.827. The van der Waals surface area contributed by atoms with Crippen LogP contribution in [0.3, 0.4) is 0 Å². The van der Waals surface area contributed by atoms with E-state index in [9.17, 15) is 0 Å². The van der Waals surface area contributed by atoms with Crippen molar-refractivity contribution in [1.29, 1.82) is 0 Å². The zero-order valence-corrected chi connectivity index (χ0v) is 7.86. The van der Waals surface area contributed by atoms with Gasteiger partial charge in [0.1, 0.15) is 12.2 Å². The second-order valence-corrected chi connectivity index (χ2v) is 3.11. The molecule has 66 valence electrons. The monoisotopic (exact) mass is 193 g/mol. The maximum Gasteiger partial charge on any atom is 0.134 e. The molecule has 0 N–H and O–H groups in total. The molecule has 1 aromatic carbocycles. The number of para-hydroxylation sites is 1. The highest BCUT2D eigenvalue weighted by Crippen LogP contribution is 2.19. The SMILES string of the molecule is Cc1nncn1-c1ccccc1Cl. The average Bonchev–Trinajstić information content (AvgIpc) is 2.52. The number of nitrogens with zero attached hydrogens (tertiary/aromatic N) is 3. The molecule has 2 aromatic rings. The second kappa shape index (κ2) is 3.18. The summed E-state index contributed by atoms with van der Waals surface area (Å²) in [6.45, 7) is 1.89. The third-order valence-electron chi connectivity index (χ3n) is 1.83. The first-order chi connectivity index (χ1) is 6.29. The van der Waals surface area contributed by atoms with Crippen molar-refractivity contribution in [2.24, 2.45) is 0 Å². The fourth-order valence-electron chi connectivity index (χ4n) is 1.18. The van der Waals surface area contributed by atoms with Crippen LogP contribution in [-0.2, 0) is 0 Å². The molecule has 3 nitrogen and oxygen atoms in total. The van der Waals surface area contributed by atoms with Gasteiger partial charge in [-0.25, -0.2) is 0 Å². The summed E-state index contributed by atoms with van der Waals surface area (Å²) >= 11 is 6.01. The Morgan fingerprint density at radius 3 is 2.69 bits per heavy atom. The van der Waals surface area contributed by atoms with E-state index in [4.69, 9.17) is 11.6 Å². The Balaban J connectivity index is 2.59. The van der Waals surface area contributed by atoms with Gasteiger partial charge in [-0.15, -0.1) is 10.2 Å². The Morgan fingerprint density at radius 2 is 2.08 bits per heavy atom. The van der Waals surface area contributed by atoms with Gasteiger partial charge in [0.25, 0.3) is 0 Å². The van der Waals surface area contributed by atoms with Gasteiger partial charge >= 0.3 is 0 Å². The number of hydrogen-bond donors (Lipinski definition) is 0. The summed E-state index contributed by atoms with van der Waals surface area (Å²) in [7, 11) is 0. The number of aryl methyl sites for hydroxylation is 1. The summed E-state index contributed by atoms with van der Waals surface area (Å²) in [4.78, 5) is 0. The van der Waals surface area contributed by atoms with Gasteiger partial charge in [0.15, 0.2) is 0 Å². The zero-order chi connectivity index (χ0) is 9.26. The van der Waals surface area contributed by atoms with E-state index in [0.717, 1.165) is 11.5 Å². The molecule has 0 bridgehead atoms. The highest BCUT2D eigenvalue weighted by atomic mass is 35.5. The minimum Gasteiger partial charge on any atom is -0.284 e. The van der Waals surface area contributed by atoms with Gasteiger partial charge in [0.2, 0.25) is 0 Å². The number of rotatable bonds is 1. The molecule has 1 heterocycles. The molecule has 4 heteroatoms. The van der Waals surface area contributed by atoms with Gasteiger partial charge < -0.3 is 0 Å². The Labute approximate surface area is 81.0 Å². The molecular formula is C9H8ClN3. The van der Waals surface area contributed by atoms with Crippen molar-refractivity contribution in [2.75, 3.05) is 0 Å². The molecule has 0 aliphatic rings. The molecule has 0 aliphatic carbocycles. The van der Waals surface area contributed by atoms with E-state index in [1.54, 1.807) is 6.33 Å². The number of aromatic nitrogens is 3. The van der Waals surface area contributed by atoms with Crippen molar-refractivity contribution >= 4 is 11.6 Å². The highest BCUT2D eigenvalue weighted by molar-refractivity contribution is 6.32. The minimum atomic E-state index is 0.699. The molecule has 0 spiro atoms. The lowest BCUT2D eigenvalue weighted by Gasteiger charge is -2.04. The van der Waals surface area contributed by atoms with E-state index >= 15 is 0 Å². The van der Waals surface area contributed by atoms with E-state index in [1.165, 1.54) is 0 Å². The van der Waals surface area contributed by atoms with Crippen LogP contribution < -0.4 is 0 Å². The van der Waals surface area contributed by atoms with E-state index in [1.807, 2.05) is 35.8 Å². The van der Waals surface area contributed by atoms with Gasteiger partial charge in [-0.1, -0.05) is 23.7 Å². The van der Waals surface area contributed by atoms with Crippen LogP contribution in [0.15, 0.2) is 30.6 Å². The molecule has 1 aromatic heterocycles. The number of benzene rings is 1. The lowest BCUT2D eigenvalue weighted by molar-refractivity contribution is 0.970. The van der Waals surface area contributed by atoms with E-state index in [2.05, 4.69) is 10.2 Å². The Kier molecular flexibility index (Phi) is 2.02. The fraction of sp³-hybridized carbons (Fsp3) is 0.111. The van der Waals surface area contributed by atoms with Crippen LogP contribution in [0.1, 0.15) is 5.82 Å². The van der Waals surface area contributed by atoms with E-state index in [-0.39, 0.29) is 0 Å². The lowest BCUT2D eigenvalue weighted by Crippen LogP contribution is -1.95. The van der Waals surface area contributed by atoms with Crippen molar-refractivity contribution in [2.45, 2.75) is 6.92 Å². The maximum atomic E-state index is 6.01. The van der Waals surface area contributed by atoms with Gasteiger partial charge in [-0.3, -0.25) is 4.57 Å². The van der Waals surface area contributed by atoms with Crippen LogP contribution in [0, 0.1) is 6.92 Å². The number of hydrogen-bond acceptors (Lipinski definition) is 2. The molecule has 0 aliphatic heterocycles. The van der Waals surface area contributed by atoms with Gasteiger partial charge in [0.05, 0.1) is 10.7 Å². The van der Waals surface area contributed by atoms with Crippen molar-refractivity contribution in [3.05, 3.63) is 41.4 Å². The van der Waals surface area contributed by atoms with Crippen LogP contribution in [0.4, 0.5) is 0 Å². The molecule has 0 saturated carbocycles. The van der Waals surface area contributed by atoms with Gasteiger partial charge in [-0.2, -0.15) is 0 Å². The number of halogens is 1. The summed E-state index contributed by atoms with van der Waals surface area (Å²) in [5.41, 5.74) is 0.909. The third-order valence-corrected chi connectivity index (χ3v) is 2.15. The van der Waals surface area contributed by atoms with E-state index in [0.29, 0.717) is 5.02 Å². The van der Waals surface area contributed by atoms with Crippen molar-refractivity contribution < 1.29 is 0 Å². The molecule has 0 atom stereocenters. The van der Waals surface area contributed by atoms with E-state index < -0.39 is 0 Å². The predicted molar refractivity (Wildman–Crippen MR) is 51.1 cm³/mol. The standard InChI is InChI=1S/C9H8ClN3/c1-7-12-11-6-13(7)9-5-3-2-4-8(9)10/h2-6H,1H3. The Bertz CT molecular complexity index is 422. The lowest BCUT2D eigenvalue weighted by atomic mass is 10.3. The van der Waals surface area contributed by atoms with Crippen LogP contribution in [0.2, 0.25) is 5.02 Å². The van der Waals surface area contributed by atoms with Crippen molar-refractivity contribution in [3.63, 3.8) is 0 Å². The van der Waals surface area contributed by atoms with Crippen molar-refractivity contribution in [3.8, 4) is 5.69 Å². The summed E-state index contributed by atoms with van der Waals surface area (Å²) in [6, 6.07) is 7.60. The van der Waals surface area contributed by atoms with Crippen molar-refractivity contribution in [1.82, 2.24) is 14.8 Å². The molecule has 0 unspecified atom stereocenters. The Hall–Kier alpha value is -1.35. The van der Waals surface area contributed by atoms with Gasteiger partial charge in [0, 0.05) is 0 Å². The second-order valence-electron chi connectivity index (χ2n) is 2.70. The first-order valence-corrected chi connectivity index (χ1v) is 4.28. The molecule has 0 fully saturated rings. The molecule has 0 saturated heterocycles. The maximum absolute atomic E-state index is 6.01. The highest BCUT2D eigenvalue weighted by Gasteiger charge is 2.03. The molecule has 2 rings (SSSR count). The normalized spacial score (nSPS) is 10.3. The predicted octanol–water partition coefficient (Wildman–Crippen LogP) is 2.23. The quantitative estimate of drug-likeness (QED) is 0.696. The fourth-order valence-corrected chi connectivity index (χ4v) is 1.40. The van der Waals surface area contributed by atoms with Crippen LogP contribution in [0.5, 0.6) is 0 Å². The molecule has 13 heavy (non-hydrogen) atoms.